The van der Waals surface area contributed by atoms with E-state index < -0.39 is 5.97 Å². The van der Waals surface area contributed by atoms with Crippen LogP contribution in [-0.4, -0.2) is 21.3 Å². The maximum Gasteiger partial charge on any atom is 0.303 e. The number of nitrogens with one attached hydrogen (secondary N) is 1. The van der Waals surface area contributed by atoms with Crippen LogP contribution in [0, 0.1) is 0 Å². The second-order valence-corrected chi connectivity index (χ2v) is 3.73. The molecule has 0 spiro atoms. The zero-order chi connectivity index (χ0) is 9.97. The van der Waals surface area contributed by atoms with Crippen LogP contribution >= 0.6 is 0 Å². The highest BCUT2D eigenvalue weighted by Crippen LogP contribution is 2.23. The van der Waals surface area contributed by atoms with Gasteiger partial charge in [0.05, 0.1) is 5.69 Å². The lowest BCUT2D eigenvalue weighted by Gasteiger charge is -1.97. The summed E-state index contributed by atoms with van der Waals surface area (Å²) in [4.78, 5) is 10.3. The Labute approximate surface area is 82.3 Å². The van der Waals surface area contributed by atoms with Gasteiger partial charge >= 0.3 is 5.97 Å². The number of hydrogen-bond donors (Lipinski definition) is 2. The molecule has 2 N–H and O–H groups in total. The SMILES string of the molecule is O=C(O)CCCc1n[nH]c2c1CCC2. The number of nitrogens with zero attached hydrogens (tertiary/aromatic N) is 1. The fourth-order valence-corrected chi connectivity index (χ4v) is 2.00. The third kappa shape index (κ3) is 1.78. The zero-order valence-corrected chi connectivity index (χ0v) is 8.05. The Morgan fingerprint density at radius 3 is 3.14 bits per heavy atom. The molecule has 4 heteroatoms. The summed E-state index contributed by atoms with van der Waals surface area (Å²) in [5.74, 6) is -0.725. The minimum Gasteiger partial charge on any atom is -0.481 e. The van der Waals surface area contributed by atoms with Crippen molar-refractivity contribution in [1.82, 2.24) is 10.2 Å². The number of rotatable bonds is 4. The Bertz CT molecular complexity index is 344. The van der Waals surface area contributed by atoms with Crippen molar-refractivity contribution in [2.24, 2.45) is 0 Å². The number of aromatic amines is 1. The van der Waals surface area contributed by atoms with Gasteiger partial charge in [0.1, 0.15) is 0 Å². The van der Waals surface area contributed by atoms with Gasteiger partial charge in [-0.05, 0) is 37.7 Å². The molecule has 2 rings (SSSR count). The van der Waals surface area contributed by atoms with E-state index in [1.54, 1.807) is 0 Å². The van der Waals surface area contributed by atoms with E-state index in [-0.39, 0.29) is 6.42 Å². The van der Waals surface area contributed by atoms with Crippen molar-refractivity contribution in [3.05, 3.63) is 17.0 Å². The number of aromatic nitrogens is 2. The molecule has 0 aromatic carbocycles. The van der Waals surface area contributed by atoms with Crippen molar-refractivity contribution in [3.8, 4) is 0 Å². The van der Waals surface area contributed by atoms with Crippen LogP contribution in [0.15, 0.2) is 0 Å². The first-order chi connectivity index (χ1) is 6.77. The van der Waals surface area contributed by atoms with E-state index in [9.17, 15) is 4.79 Å². The zero-order valence-electron chi connectivity index (χ0n) is 8.05. The molecule has 0 atom stereocenters. The lowest BCUT2D eigenvalue weighted by atomic mass is 10.1. The average Bonchev–Trinajstić information content (AvgIpc) is 2.67. The Morgan fingerprint density at radius 1 is 1.50 bits per heavy atom. The minimum absolute atomic E-state index is 0.238. The van der Waals surface area contributed by atoms with Crippen molar-refractivity contribution in [1.29, 1.82) is 0 Å². The predicted octanol–water partition coefficient (Wildman–Crippen LogP) is 1.31. The Hall–Kier alpha value is -1.32. The summed E-state index contributed by atoms with van der Waals surface area (Å²) < 4.78 is 0. The van der Waals surface area contributed by atoms with Crippen molar-refractivity contribution in [2.75, 3.05) is 0 Å². The van der Waals surface area contributed by atoms with Crippen LogP contribution in [0.5, 0.6) is 0 Å². The monoisotopic (exact) mass is 194 g/mol. The molecule has 0 aliphatic heterocycles. The van der Waals surface area contributed by atoms with Gasteiger partial charge in [0, 0.05) is 12.1 Å². The summed E-state index contributed by atoms with van der Waals surface area (Å²) >= 11 is 0. The van der Waals surface area contributed by atoms with Crippen LogP contribution < -0.4 is 0 Å². The van der Waals surface area contributed by atoms with Crippen molar-refractivity contribution < 1.29 is 9.90 Å². The van der Waals surface area contributed by atoms with Gasteiger partial charge in [0.15, 0.2) is 0 Å². The second kappa shape index (κ2) is 3.82. The van der Waals surface area contributed by atoms with E-state index in [2.05, 4.69) is 10.2 Å². The van der Waals surface area contributed by atoms with Gasteiger partial charge in [0.2, 0.25) is 0 Å². The lowest BCUT2D eigenvalue weighted by Crippen LogP contribution is -1.97. The molecule has 14 heavy (non-hydrogen) atoms. The first kappa shape index (κ1) is 9.24. The van der Waals surface area contributed by atoms with E-state index >= 15 is 0 Å². The van der Waals surface area contributed by atoms with E-state index in [4.69, 9.17) is 5.11 Å². The molecular formula is C10H14N2O2. The van der Waals surface area contributed by atoms with Crippen molar-refractivity contribution in [3.63, 3.8) is 0 Å². The highest BCUT2D eigenvalue weighted by molar-refractivity contribution is 5.66. The Balaban J connectivity index is 1.93. The molecule has 0 amide bonds. The molecule has 1 heterocycles. The molecular weight excluding hydrogens is 180 g/mol. The van der Waals surface area contributed by atoms with Crippen LogP contribution in [-0.2, 0) is 24.1 Å². The molecule has 76 valence electrons. The Morgan fingerprint density at radius 2 is 2.36 bits per heavy atom. The molecule has 1 aliphatic carbocycles. The standard InChI is InChI=1S/C10H14N2O2/c13-10(14)6-2-5-9-7-3-1-4-8(7)11-12-9/h1-6H2,(H,11,12)(H,13,14). The van der Waals surface area contributed by atoms with E-state index in [0.717, 1.165) is 25.0 Å². The summed E-state index contributed by atoms with van der Waals surface area (Å²) in [7, 11) is 0. The quantitative estimate of drug-likeness (QED) is 0.759. The van der Waals surface area contributed by atoms with Gasteiger partial charge in [-0.15, -0.1) is 0 Å². The molecule has 1 aromatic heterocycles. The second-order valence-electron chi connectivity index (χ2n) is 3.73. The number of carboxylic acid groups (broad SMARTS) is 1. The van der Waals surface area contributed by atoms with Gasteiger partial charge in [-0.25, -0.2) is 0 Å². The molecule has 0 bridgehead atoms. The highest BCUT2D eigenvalue weighted by atomic mass is 16.4. The summed E-state index contributed by atoms with van der Waals surface area (Å²) in [5, 5.41) is 15.8. The van der Waals surface area contributed by atoms with Crippen LogP contribution in [0.25, 0.3) is 0 Å². The van der Waals surface area contributed by atoms with Crippen LogP contribution in [0.3, 0.4) is 0 Å². The number of H-pyrrole nitrogens is 1. The number of aryl methyl sites for hydroxylation is 2. The van der Waals surface area contributed by atoms with Crippen LogP contribution in [0.4, 0.5) is 0 Å². The van der Waals surface area contributed by atoms with Gasteiger partial charge in [-0.2, -0.15) is 5.10 Å². The molecule has 1 aliphatic rings. The fourth-order valence-electron chi connectivity index (χ4n) is 2.00. The van der Waals surface area contributed by atoms with Crippen LogP contribution in [0.1, 0.15) is 36.2 Å². The minimum atomic E-state index is -0.725. The average molecular weight is 194 g/mol. The first-order valence-corrected chi connectivity index (χ1v) is 5.04. The summed E-state index contributed by atoms with van der Waals surface area (Å²) in [6.45, 7) is 0. The molecule has 1 aromatic rings. The van der Waals surface area contributed by atoms with Gasteiger partial charge in [0.25, 0.3) is 0 Å². The lowest BCUT2D eigenvalue weighted by molar-refractivity contribution is -0.137. The van der Waals surface area contributed by atoms with E-state index in [1.807, 2.05) is 0 Å². The molecule has 0 radical (unpaired) electrons. The summed E-state index contributed by atoms with van der Waals surface area (Å²) in [6.07, 6.45) is 5.12. The van der Waals surface area contributed by atoms with Gasteiger partial charge in [-0.3, -0.25) is 9.89 Å². The molecule has 0 saturated heterocycles. The normalized spacial score (nSPS) is 14.3. The maximum absolute atomic E-state index is 10.3. The fraction of sp³-hybridized carbons (Fsp3) is 0.600. The van der Waals surface area contributed by atoms with E-state index in [1.165, 1.54) is 17.7 Å². The topological polar surface area (TPSA) is 66.0 Å². The number of carboxylic acids is 1. The third-order valence-electron chi connectivity index (χ3n) is 2.70. The number of hydrogen-bond acceptors (Lipinski definition) is 2. The first-order valence-electron chi connectivity index (χ1n) is 5.04. The maximum atomic E-state index is 10.3. The number of carbonyl (C=O) groups is 1. The molecule has 4 nitrogen and oxygen atoms in total. The van der Waals surface area contributed by atoms with Gasteiger partial charge < -0.3 is 5.11 Å². The van der Waals surface area contributed by atoms with Crippen molar-refractivity contribution >= 4 is 5.97 Å². The highest BCUT2D eigenvalue weighted by Gasteiger charge is 2.17. The smallest absolute Gasteiger partial charge is 0.303 e. The predicted molar refractivity (Wildman–Crippen MR) is 51.2 cm³/mol. The van der Waals surface area contributed by atoms with Gasteiger partial charge in [-0.1, -0.05) is 0 Å². The molecule has 0 unspecified atom stereocenters. The number of aliphatic carboxylic acids is 1. The van der Waals surface area contributed by atoms with E-state index in [0.29, 0.717) is 6.42 Å². The third-order valence-corrected chi connectivity index (χ3v) is 2.70. The summed E-state index contributed by atoms with van der Waals surface area (Å²) in [5.41, 5.74) is 3.68. The molecule has 0 fully saturated rings. The van der Waals surface area contributed by atoms with Crippen LogP contribution in [0.2, 0.25) is 0 Å². The number of fused-ring (bicyclic) bond motifs is 1. The summed E-state index contributed by atoms with van der Waals surface area (Å²) in [6, 6.07) is 0. The molecule has 0 saturated carbocycles. The van der Waals surface area contributed by atoms with Crippen molar-refractivity contribution in [2.45, 2.75) is 38.5 Å². The Kier molecular flexibility index (Phi) is 2.52. The largest absolute Gasteiger partial charge is 0.481 e.